The van der Waals surface area contributed by atoms with Gasteiger partial charge in [-0.2, -0.15) is 4.31 Å². The Labute approximate surface area is 196 Å². The molecule has 0 rings (SSSR count). The molecule has 3 unspecified atom stereocenters. The first-order chi connectivity index (χ1) is 14.3. The van der Waals surface area contributed by atoms with Crippen molar-refractivity contribution in [3.63, 3.8) is 0 Å². The van der Waals surface area contributed by atoms with Gasteiger partial charge in [-0.15, -0.1) is 0 Å². The molecule has 0 heterocycles. The Balaban J connectivity index is -0.000000447. The molecule has 18 nitrogen and oxygen atoms in total. The molecule has 0 amide bonds. The van der Waals surface area contributed by atoms with Crippen molar-refractivity contribution in [2.24, 2.45) is 0 Å². The summed E-state index contributed by atoms with van der Waals surface area (Å²) in [6, 6.07) is 0. The zero-order chi connectivity index (χ0) is 28.8. The van der Waals surface area contributed by atoms with E-state index in [4.69, 9.17) is 44.0 Å². The summed E-state index contributed by atoms with van der Waals surface area (Å²) in [7, 11) is -27.8. The van der Waals surface area contributed by atoms with E-state index >= 15 is 0 Å². The fourth-order valence-electron chi connectivity index (χ4n) is 0.638. The molecule has 3 atom stereocenters. The first kappa shape index (κ1) is 39.4. The van der Waals surface area contributed by atoms with Crippen molar-refractivity contribution in [2.45, 2.75) is 64.9 Å². The Kier molecular flexibility index (Phi) is 15.8. The maximum Gasteiger partial charge on any atom is 0.488 e. The number of hydrogen-bond acceptors (Lipinski definition) is 9. The Hall–Kier alpha value is 0.900. The third kappa shape index (κ3) is 21.0. The van der Waals surface area contributed by atoms with Crippen LogP contribution in [0.15, 0.2) is 0 Å². The zero-order valence-electron chi connectivity index (χ0n) is 19.0. The quantitative estimate of drug-likeness (QED) is 0.175. The third-order valence-corrected chi connectivity index (χ3v) is 12.4. The topological polar surface area (TPSA) is 312 Å². The molecule has 0 saturated heterocycles. The van der Waals surface area contributed by atoms with E-state index < -0.39 is 62.7 Å². The average molecular weight is 626 g/mol. The predicted octanol–water partition coefficient (Wildman–Crippen LogP) is 2.46. The summed E-state index contributed by atoms with van der Waals surface area (Å²) in [4.78, 5) is 76.1. The lowest BCUT2D eigenvalue weighted by Gasteiger charge is -2.18. The molecule has 0 radical (unpaired) electrons. The van der Waals surface area contributed by atoms with Crippen LogP contribution in [-0.2, 0) is 40.3 Å². The fraction of sp³-hybridized carbons (Fsp3) is 1.00. The van der Waals surface area contributed by atoms with Crippen LogP contribution in [-0.4, -0.2) is 60.5 Å². The SMILES string of the molecule is CC(C)(C)P(=O)(O)O.CC(C)P(=O)(O)OP(=O)(O)O.CC(C)P(=O)(O)OP(=O)(O)OP(=O)(O)O. The van der Waals surface area contributed by atoms with Crippen LogP contribution >= 0.6 is 46.3 Å². The highest BCUT2D eigenvalue weighted by molar-refractivity contribution is 7.68. The smallest absolute Gasteiger partial charge is 0.324 e. The molecule has 0 aliphatic rings. The van der Waals surface area contributed by atoms with E-state index in [9.17, 15) is 27.4 Å². The molecule has 0 aliphatic carbocycles. The summed E-state index contributed by atoms with van der Waals surface area (Å²) in [5.41, 5.74) is -1.84. The molecule has 9 N–H and O–H groups in total. The summed E-state index contributed by atoms with van der Waals surface area (Å²) < 4.78 is 74.1. The van der Waals surface area contributed by atoms with Crippen molar-refractivity contribution in [1.29, 1.82) is 0 Å². The monoisotopic (exact) mass is 626 g/mol. The molecule has 0 saturated carbocycles. The van der Waals surface area contributed by atoms with E-state index in [0.717, 1.165) is 0 Å². The Morgan fingerprint density at radius 3 is 0.912 bits per heavy atom. The van der Waals surface area contributed by atoms with E-state index in [0.29, 0.717) is 0 Å². The Morgan fingerprint density at radius 2 is 0.765 bits per heavy atom. The van der Waals surface area contributed by atoms with Crippen LogP contribution in [0.25, 0.3) is 0 Å². The van der Waals surface area contributed by atoms with Crippen molar-refractivity contribution in [3.8, 4) is 0 Å². The lowest BCUT2D eigenvalue weighted by molar-refractivity contribution is 0.221. The maximum absolute atomic E-state index is 11.1. The van der Waals surface area contributed by atoms with Crippen LogP contribution in [0.4, 0.5) is 0 Å². The molecule has 0 aromatic heterocycles. The number of rotatable bonds is 8. The molecule has 0 aromatic carbocycles. The minimum absolute atomic E-state index is 0.824. The standard InChI is InChI=1S/C4H11O3P.C3H11O9P3.C3H10O6P2/c1-4(2,3)8(5,6)7;1-3(2)13(4,5)11-15(9,10)12-14(6,7)8;1-3(2)10(4,5)9-11(6,7)8/h1-3H3,(H2,5,6,7);3H,1-2H3,(H,4,5)(H,9,10)(H2,6,7,8);3H,1-2H3,(H,4,5)(H2,6,7,8). The first-order valence-corrected chi connectivity index (χ1v) is 18.0. The largest absolute Gasteiger partial charge is 0.488 e. The van der Waals surface area contributed by atoms with E-state index in [1.54, 1.807) is 0 Å². The molecule has 210 valence electrons. The van der Waals surface area contributed by atoms with Gasteiger partial charge in [-0.1, -0.05) is 27.7 Å². The van der Waals surface area contributed by atoms with Crippen LogP contribution < -0.4 is 0 Å². The van der Waals surface area contributed by atoms with E-state index in [1.165, 1.54) is 48.5 Å². The second-order valence-corrected chi connectivity index (χ2v) is 19.3. The summed E-state index contributed by atoms with van der Waals surface area (Å²) in [5.74, 6) is 0. The minimum Gasteiger partial charge on any atom is -0.324 e. The minimum atomic E-state index is -5.27. The van der Waals surface area contributed by atoms with Crippen molar-refractivity contribution in [1.82, 2.24) is 0 Å². The molecule has 0 spiro atoms. The Morgan fingerprint density at radius 1 is 0.529 bits per heavy atom. The molecule has 0 aliphatic heterocycles. The van der Waals surface area contributed by atoms with Gasteiger partial charge >= 0.3 is 46.3 Å². The molecular formula is C10H32O18P6. The fourth-order valence-corrected chi connectivity index (χ4v) is 6.01. The van der Waals surface area contributed by atoms with Gasteiger partial charge in [-0.25, -0.2) is 22.3 Å². The van der Waals surface area contributed by atoms with Gasteiger partial charge < -0.3 is 44.0 Å². The average Bonchev–Trinajstić information content (AvgIpc) is 2.38. The highest BCUT2D eigenvalue weighted by Crippen LogP contribution is 2.67. The van der Waals surface area contributed by atoms with Crippen LogP contribution in [0.5, 0.6) is 0 Å². The van der Waals surface area contributed by atoms with Crippen LogP contribution in [0, 0.1) is 0 Å². The summed E-state index contributed by atoms with van der Waals surface area (Å²) in [5, 5.41) is -0.896. The maximum atomic E-state index is 11.1. The van der Waals surface area contributed by atoms with Gasteiger partial charge in [0.25, 0.3) is 0 Å². The molecule has 24 heteroatoms. The highest BCUT2D eigenvalue weighted by atomic mass is 31.3. The van der Waals surface area contributed by atoms with Gasteiger partial charge in [0, 0.05) is 0 Å². The van der Waals surface area contributed by atoms with Gasteiger partial charge in [-0.3, -0.25) is 13.7 Å². The normalized spacial score (nSPS) is 18.5. The predicted molar refractivity (Wildman–Crippen MR) is 119 cm³/mol. The van der Waals surface area contributed by atoms with Gasteiger partial charge in [0.15, 0.2) is 0 Å². The highest BCUT2D eigenvalue weighted by Gasteiger charge is 2.41. The molecule has 34 heavy (non-hydrogen) atoms. The molecule has 0 fully saturated rings. The number of hydrogen-bond donors (Lipinski definition) is 9. The van der Waals surface area contributed by atoms with Crippen molar-refractivity contribution < 1.29 is 84.4 Å². The molecule has 0 aromatic rings. The van der Waals surface area contributed by atoms with Gasteiger partial charge in [-0.05, 0) is 20.8 Å². The summed E-state index contributed by atoms with van der Waals surface area (Å²) in [6.07, 6.45) is 0. The Bertz CT molecular complexity index is 916. The number of phosphoric acid groups is 3. The van der Waals surface area contributed by atoms with E-state index in [1.807, 2.05) is 0 Å². The van der Waals surface area contributed by atoms with Crippen molar-refractivity contribution in [2.75, 3.05) is 0 Å². The second-order valence-electron chi connectivity index (χ2n) is 7.73. The zero-order valence-corrected chi connectivity index (χ0v) is 24.4. The third-order valence-electron chi connectivity index (χ3n) is 2.83. The lowest BCUT2D eigenvalue weighted by atomic mass is 10.3. The second kappa shape index (κ2) is 13.6. The van der Waals surface area contributed by atoms with Gasteiger partial charge in [0.05, 0.1) is 16.5 Å². The van der Waals surface area contributed by atoms with Crippen LogP contribution in [0.1, 0.15) is 48.5 Å². The molecular weight excluding hydrogens is 594 g/mol. The van der Waals surface area contributed by atoms with E-state index in [2.05, 4.69) is 12.9 Å². The van der Waals surface area contributed by atoms with Crippen molar-refractivity contribution in [3.05, 3.63) is 0 Å². The van der Waals surface area contributed by atoms with Crippen LogP contribution in [0.2, 0.25) is 0 Å². The lowest BCUT2D eigenvalue weighted by Crippen LogP contribution is -2.13. The molecule has 0 bridgehead atoms. The van der Waals surface area contributed by atoms with Crippen LogP contribution in [0.3, 0.4) is 0 Å². The van der Waals surface area contributed by atoms with Gasteiger partial charge in [0.1, 0.15) is 0 Å². The summed E-state index contributed by atoms with van der Waals surface area (Å²) >= 11 is 0. The van der Waals surface area contributed by atoms with Crippen molar-refractivity contribution >= 4 is 46.3 Å². The van der Waals surface area contributed by atoms with Gasteiger partial charge in [0.2, 0.25) is 0 Å². The van der Waals surface area contributed by atoms with E-state index in [-0.39, 0.29) is 0 Å². The summed E-state index contributed by atoms with van der Waals surface area (Å²) in [6.45, 7) is 9.62. The first-order valence-electron chi connectivity index (χ1n) is 8.54.